The first-order valence-electron chi connectivity index (χ1n) is 11.6. The van der Waals surface area contributed by atoms with E-state index in [-0.39, 0.29) is 5.56 Å². The van der Waals surface area contributed by atoms with E-state index in [9.17, 15) is 9.59 Å². The summed E-state index contributed by atoms with van der Waals surface area (Å²) in [6.07, 6.45) is 0. The number of carbonyl (C=O) groups is 1. The molecule has 6 nitrogen and oxygen atoms in total. The number of nitrogens with zero attached hydrogens (tertiary/aromatic N) is 2. The minimum absolute atomic E-state index is 0.0215. The van der Waals surface area contributed by atoms with Gasteiger partial charge in [-0.25, -0.2) is 4.79 Å². The van der Waals surface area contributed by atoms with E-state index in [0.29, 0.717) is 12.1 Å². The van der Waals surface area contributed by atoms with E-state index in [2.05, 4.69) is 45.4 Å². The summed E-state index contributed by atoms with van der Waals surface area (Å²) in [6.45, 7) is 5.11. The molecule has 0 aliphatic carbocycles. The molecule has 1 saturated heterocycles. The van der Waals surface area contributed by atoms with Crippen LogP contribution in [0.25, 0.3) is 11.0 Å². The molecule has 172 valence electrons. The number of rotatable bonds is 6. The quantitative estimate of drug-likeness (QED) is 0.446. The van der Waals surface area contributed by atoms with Crippen molar-refractivity contribution in [2.45, 2.75) is 13.1 Å². The van der Waals surface area contributed by atoms with Gasteiger partial charge in [0, 0.05) is 50.3 Å². The molecule has 0 atom stereocenters. The van der Waals surface area contributed by atoms with Gasteiger partial charge in [0.05, 0.1) is 0 Å². The van der Waals surface area contributed by atoms with E-state index < -0.39 is 11.5 Å². The Morgan fingerprint density at radius 2 is 1.50 bits per heavy atom. The van der Waals surface area contributed by atoms with Gasteiger partial charge in [0.2, 0.25) is 0 Å². The summed E-state index contributed by atoms with van der Waals surface area (Å²) in [6, 6.07) is 27.4. The van der Waals surface area contributed by atoms with Gasteiger partial charge in [0.15, 0.2) is 0 Å². The predicted octanol–water partition coefficient (Wildman–Crippen LogP) is 4.05. The van der Waals surface area contributed by atoms with Crippen molar-refractivity contribution in [2.75, 3.05) is 31.1 Å². The van der Waals surface area contributed by atoms with Gasteiger partial charge in [-0.1, -0.05) is 60.7 Å². The molecule has 6 heteroatoms. The molecule has 1 aliphatic heterocycles. The highest BCUT2D eigenvalue weighted by Crippen LogP contribution is 2.18. The standard InChI is InChI=1S/C28H27N3O3/c32-27(25-18-21-8-6-7-13-26(21)34-28(25)33)29-19-22-9-4-5-10-23(22)20-30-14-16-31(17-15-30)24-11-2-1-3-12-24/h1-13,18H,14-17,19-20H2,(H,29,32). The molecule has 0 radical (unpaired) electrons. The van der Waals surface area contributed by atoms with E-state index in [1.165, 1.54) is 11.3 Å². The highest BCUT2D eigenvalue weighted by Gasteiger charge is 2.19. The summed E-state index contributed by atoms with van der Waals surface area (Å²) >= 11 is 0. The first kappa shape index (κ1) is 21.9. The lowest BCUT2D eigenvalue weighted by Gasteiger charge is -2.36. The van der Waals surface area contributed by atoms with Crippen LogP contribution < -0.4 is 15.8 Å². The average Bonchev–Trinajstić information content (AvgIpc) is 2.88. The van der Waals surface area contributed by atoms with Gasteiger partial charge >= 0.3 is 5.63 Å². The number of benzene rings is 3. The first-order valence-corrected chi connectivity index (χ1v) is 11.6. The van der Waals surface area contributed by atoms with E-state index >= 15 is 0 Å². The van der Waals surface area contributed by atoms with Crippen LogP contribution in [-0.2, 0) is 13.1 Å². The van der Waals surface area contributed by atoms with Crippen LogP contribution in [0.15, 0.2) is 94.1 Å². The molecule has 1 fully saturated rings. The second-order valence-corrected chi connectivity index (χ2v) is 8.54. The van der Waals surface area contributed by atoms with Crippen molar-refractivity contribution >= 4 is 22.6 Å². The van der Waals surface area contributed by atoms with Gasteiger partial charge in [-0.3, -0.25) is 9.69 Å². The number of fused-ring (bicyclic) bond motifs is 1. The smallest absolute Gasteiger partial charge is 0.349 e. The number of para-hydroxylation sites is 2. The number of hydrogen-bond donors (Lipinski definition) is 1. The topological polar surface area (TPSA) is 65.8 Å². The number of carbonyl (C=O) groups excluding carboxylic acids is 1. The Hall–Kier alpha value is -3.90. The normalized spacial score (nSPS) is 14.3. The maximum atomic E-state index is 12.8. The monoisotopic (exact) mass is 453 g/mol. The Morgan fingerprint density at radius 3 is 2.29 bits per heavy atom. The number of amides is 1. The summed E-state index contributed by atoms with van der Waals surface area (Å²) < 4.78 is 5.30. The van der Waals surface area contributed by atoms with Crippen molar-refractivity contribution in [3.05, 3.63) is 112 Å². The lowest BCUT2D eigenvalue weighted by atomic mass is 10.1. The zero-order valence-electron chi connectivity index (χ0n) is 18.9. The third kappa shape index (κ3) is 4.87. The van der Waals surface area contributed by atoms with Crippen LogP contribution >= 0.6 is 0 Å². The second-order valence-electron chi connectivity index (χ2n) is 8.54. The van der Waals surface area contributed by atoms with Gasteiger partial charge in [-0.05, 0) is 35.4 Å². The summed E-state index contributed by atoms with van der Waals surface area (Å²) in [4.78, 5) is 29.9. The van der Waals surface area contributed by atoms with E-state index in [1.54, 1.807) is 18.2 Å². The van der Waals surface area contributed by atoms with Crippen LogP contribution in [0.3, 0.4) is 0 Å². The molecule has 1 N–H and O–H groups in total. The van der Waals surface area contributed by atoms with Gasteiger partial charge in [-0.2, -0.15) is 0 Å². The first-order chi connectivity index (χ1) is 16.7. The molecule has 5 rings (SSSR count). The molecule has 0 saturated carbocycles. The number of piperazine rings is 1. The zero-order valence-corrected chi connectivity index (χ0v) is 18.9. The Balaban J connectivity index is 1.22. The van der Waals surface area contributed by atoms with Crippen LogP contribution in [0.1, 0.15) is 21.5 Å². The summed E-state index contributed by atoms with van der Waals surface area (Å²) in [7, 11) is 0. The average molecular weight is 454 g/mol. The molecule has 1 amide bonds. The molecular formula is C28H27N3O3. The summed E-state index contributed by atoms with van der Waals surface area (Å²) in [5.74, 6) is -0.425. The van der Waals surface area contributed by atoms with E-state index in [1.807, 2.05) is 36.4 Å². The van der Waals surface area contributed by atoms with Crippen LogP contribution in [0.2, 0.25) is 0 Å². The largest absolute Gasteiger partial charge is 0.422 e. The highest BCUT2D eigenvalue weighted by molar-refractivity contribution is 5.96. The fourth-order valence-electron chi connectivity index (χ4n) is 4.42. The fraction of sp³-hybridized carbons (Fsp3) is 0.214. The zero-order chi connectivity index (χ0) is 23.3. The SMILES string of the molecule is O=C(NCc1ccccc1CN1CCN(c2ccccc2)CC1)c1cc2ccccc2oc1=O. The Kier molecular flexibility index (Phi) is 6.40. The molecule has 0 spiro atoms. The molecule has 2 heterocycles. The molecule has 0 unspecified atom stereocenters. The molecule has 3 aromatic carbocycles. The van der Waals surface area contributed by atoms with Gasteiger partial charge in [-0.15, -0.1) is 0 Å². The van der Waals surface area contributed by atoms with Crippen LogP contribution in [0.4, 0.5) is 5.69 Å². The summed E-state index contributed by atoms with van der Waals surface area (Å²) in [5.41, 5.74) is 3.37. The maximum absolute atomic E-state index is 12.8. The lowest BCUT2D eigenvalue weighted by molar-refractivity contribution is 0.0947. The van der Waals surface area contributed by atoms with Crippen LogP contribution in [0, 0.1) is 0 Å². The van der Waals surface area contributed by atoms with Crippen molar-refractivity contribution < 1.29 is 9.21 Å². The van der Waals surface area contributed by atoms with E-state index in [4.69, 9.17) is 4.42 Å². The molecule has 4 aromatic rings. The Labute approximate surface area is 198 Å². The predicted molar refractivity (Wildman–Crippen MR) is 134 cm³/mol. The number of hydrogen-bond acceptors (Lipinski definition) is 5. The Morgan fingerprint density at radius 1 is 0.824 bits per heavy atom. The number of nitrogens with one attached hydrogen (secondary N) is 1. The number of anilines is 1. The second kappa shape index (κ2) is 9.93. The third-order valence-corrected chi connectivity index (χ3v) is 6.33. The van der Waals surface area contributed by atoms with Crippen LogP contribution in [-0.4, -0.2) is 37.0 Å². The third-order valence-electron chi connectivity index (χ3n) is 6.33. The molecule has 0 bridgehead atoms. The molecular weight excluding hydrogens is 426 g/mol. The minimum Gasteiger partial charge on any atom is -0.422 e. The van der Waals surface area contributed by atoms with Gasteiger partial charge in [0.25, 0.3) is 5.91 Å². The van der Waals surface area contributed by atoms with Gasteiger partial charge in [0.1, 0.15) is 11.1 Å². The Bertz CT molecular complexity index is 1340. The van der Waals surface area contributed by atoms with E-state index in [0.717, 1.165) is 43.7 Å². The van der Waals surface area contributed by atoms with Crippen molar-refractivity contribution in [3.63, 3.8) is 0 Å². The lowest BCUT2D eigenvalue weighted by Crippen LogP contribution is -2.46. The van der Waals surface area contributed by atoms with Crippen molar-refractivity contribution in [3.8, 4) is 0 Å². The van der Waals surface area contributed by atoms with Crippen LogP contribution in [0.5, 0.6) is 0 Å². The molecule has 1 aromatic heterocycles. The molecule has 1 aliphatic rings. The maximum Gasteiger partial charge on any atom is 0.349 e. The van der Waals surface area contributed by atoms with Crippen molar-refractivity contribution in [1.29, 1.82) is 0 Å². The minimum atomic E-state index is -0.624. The van der Waals surface area contributed by atoms with Crippen molar-refractivity contribution in [1.82, 2.24) is 10.2 Å². The van der Waals surface area contributed by atoms with Gasteiger partial charge < -0.3 is 14.6 Å². The van der Waals surface area contributed by atoms with Crippen molar-refractivity contribution in [2.24, 2.45) is 0 Å². The highest BCUT2D eigenvalue weighted by atomic mass is 16.4. The summed E-state index contributed by atoms with van der Waals surface area (Å²) in [5, 5.41) is 3.63. The fourth-order valence-corrected chi connectivity index (χ4v) is 4.42. The molecule has 34 heavy (non-hydrogen) atoms.